The molecule has 0 radical (unpaired) electrons. The maximum atomic E-state index is 15.0. The van der Waals surface area contributed by atoms with E-state index in [9.17, 15) is 61.5 Å². The molecule has 206 valence electrons. The molecule has 1 aliphatic carbocycles. The minimum Gasteiger partial charge on any atom is -0.521 e. The van der Waals surface area contributed by atoms with Crippen LogP contribution in [-0.2, 0) is 0 Å². The van der Waals surface area contributed by atoms with Crippen LogP contribution in [0.4, 0.5) is 65.9 Å². The molecule has 0 N–H and O–H groups in total. The molecule has 0 amide bonds. The molecule has 18 heteroatoms. The zero-order valence-corrected chi connectivity index (χ0v) is 17.8. The van der Waals surface area contributed by atoms with Gasteiger partial charge in [-0.2, -0.15) is 17.6 Å². The number of hydrogen-bond acceptors (Lipinski definition) is 2. The average Bonchev–Trinajstić information content (AvgIpc) is 2.90. The fourth-order valence-corrected chi connectivity index (χ4v) is 3.40. The van der Waals surface area contributed by atoms with Crippen molar-refractivity contribution in [3.8, 4) is 11.5 Å². The maximum Gasteiger partial charge on any atom is 0.612 e. The van der Waals surface area contributed by atoms with Crippen molar-refractivity contribution in [2.75, 3.05) is 0 Å². The van der Waals surface area contributed by atoms with Crippen molar-refractivity contribution in [3.63, 3.8) is 0 Å². The van der Waals surface area contributed by atoms with Gasteiger partial charge in [-0.3, -0.25) is 0 Å². The highest BCUT2D eigenvalue weighted by Crippen LogP contribution is 2.57. The minimum atomic E-state index is -3.97. The molecule has 1 aliphatic rings. The van der Waals surface area contributed by atoms with Crippen LogP contribution in [0.5, 0.6) is 11.5 Å². The molecule has 0 aliphatic heterocycles. The van der Waals surface area contributed by atoms with E-state index in [1.165, 1.54) is 0 Å². The number of halogens is 15. The van der Waals surface area contributed by atoms with Gasteiger partial charge in [0.25, 0.3) is 0 Å². The van der Waals surface area contributed by atoms with Gasteiger partial charge >= 0.3 is 7.12 Å². The van der Waals surface area contributed by atoms with Crippen molar-refractivity contribution in [1.29, 1.82) is 0 Å². The van der Waals surface area contributed by atoms with Crippen LogP contribution >= 0.6 is 0 Å². The highest BCUT2D eigenvalue weighted by Gasteiger charge is 2.64. The summed E-state index contributed by atoms with van der Waals surface area (Å²) in [6, 6.07) is 0. The normalized spacial score (nSPS) is 19.8. The molecular formula is C20H6BF15O2. The lowest BCUT2D eigenvalue weighted by Crippen LogP contribution is -2.51. The van der Waals surface area contributed by atoms with Gasteiger partial charge in [0, 0.05) is 0 Å². The number of hydrogen-bond donors (Lipinski definition) is 0. The van der Waals surface area contributed by atoms with Crippen LogP contribution in [0.15, 0.2) is 23.3 Å². The Balaban J connectivity index is 2.37. The van der Waals surface area contributed by atoms with Crippen molar-refractivity contribution >= 4 is 7.12 Å². The van der Waals surface area contributed by atoms with E-state index >= 15 is 4.39 Å². The van der Waals surface area contributed by atoms with Crippen molar-refractivity contribution < 1.29 is 75.2 Å². The zero-order valence-electron chi connectivity index (χ0n) is 17.8. The number of alkyl halides is 1. The van der Waals surface area contributed by atoms with E-state index < -0.39 is 118 Å². The van der Waals surface area contributed by atoms with E-state index in [1.807, 2.05) is 0 Å². The Kier molecular flexibility index (Phi) is 7.67. The SMILES string of the molecule is CCC1(B(Oc2c(F)c(F)c(F)c(F)c2F)Oc2c(F)c(F)c(F)c(F)c2F)C(F)=C(F)C(F)=C(F)C1F. The average molecular weight is 574 g/mol. The molecule has 38 heavy (non-hydrogen) atoms. The van der Waals surface area contributed by atoms with Gasteiger partial charge in [0.2, 0.25) is 58.2 Å². The van der Waals surface area contributed by atoms with Gasteiger partial charge in [0.05, 0.1) is 0 Å². The third-order valence-electron chi connectivity index (χ3n) is 5.47. The van der Waals surface area contributed by atoms with E-state index in [-0.39, 0.29) is 0 Å². The lowest BCUT2D eigenvalue weighted by molar-refractivity contribution is 0.177. The summed E-state index contributed by atoms with van der Waals surface area (Å²) < 4.78 is 218. The summed E-state index contributed by atoms with van der Waals surface area (Å²) in [5.74, 6) is -44.8. The molecular weight excluding hydrogens is 568 g/mol. The van der Waals surface area contributed by atoms with Crippen molar-refractivity contribution in [1.82, 2.24) is 0 Å². The molecule has 0 spiro atoms. The first kappa shape index (κ1) is 29.1. The largest absolute Gasteiger partial charge is 0.612 e. The molecule has 0 aromatic heterocycles. The summed E-state index contributed by atoms with van der Waals surface area (Å²) in [6.45, 7) is 0.576. The summed E-state index contributed by atoms with van der Waals surface area (Å²) in [4.78, 5) is 0. The lowest BCUT2D eigenvalue weighted by atomic mass is 9.50. The third kappa shape index (κ3) is 4.04. The van der Waals surface area contributed by atoms with E-state index in [2.05, 4.69) is 9.31 Å². The molecule has 0 fully saturated rings. The molecule has 2 unspecified atom stereocenters. The summed E-state index contributed by atoms with van der Waals surface area (Å²) in [7, 11) is -3.74. The first-order valence-corrected chi connectivity index (χ1v) is 9.67. The molecule has 3 rings (SSSR count). The van der Waals surface area contributed by atoms with Crippen molar-refractivity contribution in [2.24, 2.45) is 0 Å². The fraction of sp³-hybridized carbons (Fsp3) is 0.200. The van der Waals surface area contributed by atoms with E-state index in [0.717, 1.165) is 0 Å². The van der Waals surface area contributed by atoms with Gasteiger partial charge < -0.3 is 9.31 Å². The number of allylic oxidation sites excluding steroid dienone is 4. The summed E-state index contributed by atoms with van der Waals surface area (Å²) in [5.41, 5.74) is 0. The lowest BCUT2D eigenvalue weighted by Gasteiger charge is -2.38. The summed E-state index contributed by atoms with van der Waals surface area (Å²) >= 11 is 0. The third-order valence-corrected chi connectivity index (χ3v) is 5.47. The van der Waals surface area contributed by atoms with Crippen LogP contribution in [-0.4, -0.2) is 13.3 Å². The van der Waals surface area contributed by atoms with Crippen molar-refractivity contribution in [3.05, 3.63) is 81.5 Å². The maximum absolute atomic E-state index is 15.0. The monoisotopic (exact) mass is 574 g/mol. The second kappa shape index (κ2) is 10.0. The molecule has 0 bridgehead atoms. The van der Waals surface area contributed by atoms with E-state index in [0.29, 0.717) is 6.92 Å². The molecule has 2 nitrogen and oxygen atoms in total. The molecule has 0 heterocycles. The smallest absolute Gasteiger partial charge is 0.521 e. The van der Waals surface area contributed by atoms with Crippen LogP contribution in [0.1, 0.15) is 13.3 Å². The second-order valence-corrected chi connectivity index (χ2v) is 7.41. The van der Waals surface area contributed by atoms with Gasteiger partial charge in [-0.25, -0.2) is 48.3 Å². The van der Waals surface area contributed by atoms with Crippen LogP contribution in [0.2, 0.25) is 5.31 Å². The number of rotatable bonds is 6. The van der Waals surface area contributed by atoms with Crippen LogP contribution in [0.3, 0.4) is 0 Å². The second-order valence-electron chi connectivity index (χ2n) is 7.41. The predicted octanol–water partition coefficient (Wildman–Crippen LogP) is 7.83. The Morgan fingerprint density at radius 2 is 0.868 bits per heavy atom. The molecule has 0 saturated carbocycles. The van der Waals surface area contributed by atoms with Crippen molar-refractivity contribution in [2.45, 2.75) is 24.8 Å². The summed E-state index contributed by atoms with van der Waals surface area (Å²) in [5, 5.41) is -3.97. The molecule has 2 aromatic rings. The van der Waals surface area contributed by atoms with Gasteiger partial charge in [0.1, 0.15) is 11.1 Å². The van der Waals surface area contributed by atoms with E-state index in [1.54, 1.807) is 0 Å². The summed E-state index contributed by atoms with van der Waals surface area (Å²) in [6.07, 6.45) is -5.37. The highest BCUT2D eigenvalue weighted by molar-refractivity contribution is 6.52. The van der Waals surface area contributed by atoms with Gasteiger partial charge in [-0.1, -0.05) is 6.92 Å². The predicted molar refractivity (Wildman–Crippen MR) is 95.8 cm³/mol. The van der Waals surface area contributed by atoms with Gasteiger partial charge in [-0.05, 0) is 6.42 Å². The Hall–Kier alpha value is -3.47. The minimum absolute atomic E-state index is 0.576. The quantitative estimate of drug-likeness (QED) is 0.152. The standard InChI is InChI=1S/C20H6BF15O2/c1-2-20(18(35)14(33)9(28)15(34)19(20)36)21(37-16-10(29)5(24)3(22)6(25)11(16)30)38-17-12(31)7(26)4(23)8(27)13(17)32/h18H,2H2,1H3. The molecule has 2 atom stereocenters. The van der Waals surface area contributed by atoms with E-state index in [4.69, 9.17) is 0 Å². The fourth-order valence-electron chi connectivity index (χ4n) is 3.40. The topological polar surface area (TPSA) is 18.5 Å². The van der Waals surface area contributed by atoms with Crippen LogP contribution < -0.4 is 9.31 Å². The Labute approximate surface area is 201 Å². The van der Waals surface area contributed by atoms with Crippen LogP contribution in [0, 0.1) is 58.2 Å². The Morgan fingerprint density at radius 3 is 1.18 bits per heavy atom. The molecule has 2 aromatic carbocycles. The molecule has 0 saturated heterocycles. The van der Waals surface area contributed by atoms with Gasteiger partial charge in [0.15, 0.2) is 35.2 Å². The number of benzene rings is 2. The first-order chi connectivity index (χ1) is 17.6. The highest BCUT2D eigenvalue weighted by atomic mass is 19.2. The van der Waals surface area contributed by atoms with Crippen LogP contribution in [0.25, 0.3) is 0 Å². The first-order valence-electron chi connectivity index (χ1n) is 9.67. The zero-order chi connectivity index (χ0) is 29.0. The Morgan fingerprint density at radius 1 is 0.553 bits per heavy atom. The Bertz CT molecular complexity index is 1260. The van der Waals surface area contributed by atoms with Gasteiger partial charge in [-0.15, -0.1) is 0 Å².